The Morgan fingerprint density at radius 3 is 2.94 bits per heavy atom. The van der Waals surface area contributed by atoms with Gasteiger partial charge in [-0.05, 0) is 45.7 Å². The first-order valence-electron chi connectivity index (χ1n) is 7.21. The van der Waals surface area contributed by atoms with E-state index in [0.29, 0.717) is 18.1 Å². The van der Waals surface area contributed by atoms with Crippen molar-refractivity contribution < 1.29 is 0 Å². The molecule has 2 rings (SSSR count). The Morgan fingerprint density at radius 1 is 1.39 bits per heavy atom. The summed E-state index contributed by atoms with van der Waals surface area (Å²) in [5, 5.41) is 11.5. The molecule has 18 heavy (non-hydrogen) atoms. The Hall–Kier alpha value is -0.870. The van der Waals surface area contributed by atoms with Gasteiger partial charge in [0.2, 0.25) is 0 Å². The van der Waals surface area contributed by atoms with Crippen LogP contribution in [0.4, 0.5) is 0 Å². The fourth-order valence-electron chi connectivity index (χ4n) is 2.85. The van der Waals surface area contributed by atoms with Crippen LogP contribution in [-0.4, -0.2) is 34.5 Å². The summed E-state index contributed by atoms with van der Waals surface area (Å²) >= 11 is 0. The summed E-state index contributed by atoms with van der Waals surface area (Å²) in [5.41, 5.74) is 0. The molecule has 2 heterocycles. The van der Waals surface area contributed by atoms with E-state index in [0.717, 1.165) is 6.54 Å². The van der Waals surface area contributed by atoms with Gasteiger partial charge in [-0.25, -0.2) is 0 Å². The summed E-state index contributed by atoms with van der Waals surface area (Å²) in [4.78, 5) is 0. The average molecular weight is 250 g/mol. The van der Waals surface area contributed by atoms with Gasteiger partial charge < -0.3 is 10.6 Å². The molecule has 0 saturated carbocycles. The predicted molar refractivity (Wildman–Crippen MR) is 74.5 cm³/mol. The molecule has 0 aliphatic carbocycles. The lowest BCUT2D eigenvalue weighted by atomic mass is 9.98. The second-order valence-corrected chi connectivity index (χ2v) is 5.58. The molecule has 3 unspecified atom stereocenters. The van der Waals surface area contributed by atoms with Crippen molar-refractivity contribution in [2.45, 2.75) is 64.2 Å². The third-order valence-corrected chi connectivity index (χ3v) is 3.64. The summed E-state index contributed by atoms with van der Waals surface area (Å²) in [6.45, 7) is 6.65. The second kappa shape index (κ2) is 6.90. The monoisotopic (exact) mass is 250 g/mol. The Bertz CT molecular complexity index is 317. The summed E-state index contributed by atoms with van der Waals surface area (Å²) in [5.74, 6) is 0. The molecule has 1 saturated heterocycles. The van der Waals surface area contributed by atoms with Crippen molar-refractivity contribution in [1.82, 2.24) is 20.4 Å². The highest BCUT2D eigenvalue weighted by atomic mass is 15.3. The van der Waals surface area contributed by atoms with E-state index < -0.39 is 0 Å². The molecule has 1 aliphatic rings. The molecular formula is C14H26N4. The van der Waals surface area contributed by atoms with Gasteiger partial charge in [-0.15, -0.1) is 0 Å². The molecule has 1 aliphatic heterocycles. The van der Waals surface area contributed by atoms with Crippen LogP contribution in [0.1, 0.15) is 39.5 Å². The van der Waals surface area contributed by atoms with Crippen LogP contribution in [0.2, 0.25) is 0 Å². The van der Waals surface area contributed by atoms with Crippen LogP contribution >= 0.6 is 0 Å². The van der Waals surface area contributed by atoms with Gasteiger partial charge in [0.05, 0.1) is 6.54 Å². The highest BCUT2D eigenvalue weighted by Gasteiger charge is 2.16. The third-order valence-electron chi connectivity index (χ3n) is 3.64. The van der Waals surface area contributed by atoms with Crippen molar-refractivity contribution in [1.29, 1.82) is 0 Å². The lowest BCUT2D eigenvalue weighted by molar-refractivity contribution is 0.322. The van der Waals surface area contributed by atoms with Crippen molar-refractivity contribution in [3.05, 3.63) is 18.5 Å². The number of rotatable bonds is 6. The molecule has 3 atom stereocenters. The minimum absolute atomic E-state index is 0.462. The number of aromatic nitrogens is 2. The smallest absolute Gasteiger partial charge is 0.0560 e. The average Bonchev–Trinajstić information content (AvgIpc) is 2.82. The van der Waals surface area contributed by atoms with Gasteiger partial charge in [0.1, 0.15) is 0 Å². The molecule has 0 radical (unpaired) electrons. The summed E-state index contributed by atoms with van der Waals surface area (Å²) in [6.07, 6.45) is 9.14. The molecule has 4 heteroatoms. The van der Waals surface area contributed by atoms with Crippen LogP contribution in [-0.2, 0) is 6.54 Å². The van der Waals surface area contributed by atoms with Gasteiger partial charge in [-0.1, -0.05) is 6.42 Å². The predicted octanol–water partition coefficient (Wildman–Crippen LogP) is 1.78. The van der Waals surface area contributed by atoms with E-state index in [4.69, 9.17) is 0 Å². The van der Waals surface area contributed by atoms with Crippen molar-refractivity contribution >= 4 is 0 Å². The Labute approximate surface area is 110 Å². The van der Waals surface area contributed by atoms with Crippen LogP contribution in [0.3, 0.4) is 0 Å². The fraction of sp³-hybridized carbons (Fsp3) is 0.786. The van der Waals surface area contributed by atoms with Gasteiger partial charge in [0.15, 0.2) is 0 Å². The van der Waals surface area contributed by atoms with E-state index in [2.05, 4.69) is 29.6 Å². The van der Waals surface area contributed by atoms with Gasteiger partial charge >= 0.3 is 0 Å². The van der Waals surface area contributed by atoms with E-state index in [-0.39, 0.29) is 0 Å². The fourth-order valence-corrected chi connectivity index (χ4v) is 2.85. The summed E-state index contributed by atoms with van der Waals surface area (Å²) in [6, 6.07) is 3.70. The lowest BCUT2D eigenvalue weighted by Gasteiger charge is -2.28. The molecule has 2 N–H and O–H groups in total. The number of nitrogens with one attached hydrogen (secondary N) is 2. The zero-order valence-corrected chi connectivity index (χ0v) is 11.6. The maximum atomic E-state index is 4.24. The van der Waals surface area contributed by atoms with Crippen LogP contribution in [0.15, 0.2) is 18.5 Å². The minimum atomic E-state index is 0.462. The summed E-state index contributed by atoms with van der Waals surface area (Å²) < 4.78 is 1.99. The van der Waals surface area contributed by atoms with Crippen molar-refractivity contribution in [2.24, 2.45) is 0 Å². The van der Waals surface area contributed by atoms with E-state index in [1.165, 1.54) is 32.2 Å². The topological polar surface area (TPSA) is 41.9 Å². The molecule has 1 fully saturated rings. The maximum Gasteiger partial charge on any atom is 0.0560 e. The first-order chi connectivity index (χ1) is 8.74. The van der Waals surface area contributed by atoms with Crippen molar-refractivity contribution in [2.75, 3.05) is 6.54 Å². The lowest BCUT2D eigenvalue weighted by Crippen LogP contribution is -2.43. The second-order valence-electron chi connectivity index (χ2n) is 5.58. The molecule has 0 spiro atoms. The third kappa shape index (κ3) is 4.42. The highest BCUT2D eigenvalue weighted by Crippen LogP contribution is 2.12. The van der Waals surface area contributed by atoms with Gasteiger partial charge in [-0.2, -0.15) is 5.10 Å². The first-order valence-corrected chi connectivity index (χ1v) is 7.21. The molecule has 0 aromatic carbocycles. The van der Waals surface area contributed by atoms with Crippen LogP contribution < -0.4 is 10.6 Å². The molecule has 1 aromatic heterocycles. The zero-order chi connectivity index (χ0) is 12.8. The Kier molecular flexibility index (Phi) is 5.20. The summed E-state index contributed by atoms with van der Waals surface area (Å²) in [7, 11) is 0. The largest absolute Gasteiger partial charge is 0.314 e. The zero-order valence-electron chi connectivity index (χ0n) is 11.6. The van der Waals surface area contributed by atoms with Crippen LogP contribution in [0.25, 0.3) is 0 Å². The van der Waals surface area contributed by atoms with E-state index in [1.54, 1.807) is 0 Å². The SMILES string of the molecule is CC(CC1CCCCN1)NC(C)Cn1cccn1. The number of hydrogen-bond donors (Lipinski definition) is 2. The highest BCUT2D eigenvalue weighted by molar-refractivity contribution is 4.81. The van der Waals surface area contributed by atoms with E-state index >= 15 is 0 Å². The van der Waals surface area contributed by atoms with Gasteiger partial charge in [0.25, 0.3) is 0 Å². The van der Waals surface area contributed by atoms with Crippen molar-refractivity contribution in [3.63, 3.8) is 0 Å². The molecule has 102 valence electrons. The van der Waals surface area contributed by atoms with E-state index in [1.807, 2.05) is 23.1 Å². The van der Waals surface area contributed by atoms with Crippen LogP contribution in [0, 0.1) is 0 Å². The maximum absolute atomic E-state index is 4.24. The molecular weight excluding hydrogens is 224 g/mol. The number of hydrogen-bond acceptors (Lipinski definition) is 3. The number of piperidine rings is 1. The van der Waals surface area contributed by atoms with E-state index in [9.17, 15) is 0 Å². The minimum Gasteiger partial charge on any atom is -0.314 e. The molecule has 0 amide bonds. The van der Waals surface area contributed by atoms with Gasteiger partial charge in [0, 0.05) is 30.5 Å². The van der Waals surface area contributed by atoms with Gasteiger partial charge in [-0.3, -0.25) is 4.68 Å². The number of nitrogens with zero attached hydrogens (tertiary/aromatic N) is 2. The van der Waals surface area contributed by atoms with Crippen LogP contribution in [0.5, 0.6) is 0 Å². The molecule has 0 bridgehead atoms. The Morgan fingerprint density at radius 2 is 2.28 bits per heavy atom. The standard InChI is InChI=1S/C14H26N4/c1-12(10-14-6-3-4-7-15-14)17-13(2)11-18-9-5-8-16-18/h5,8-9,12-15,17H,3-4,6-7,10-11H2,1-2H3. The molecule has 1 aromatic rings. The molecule has 4 nitrogen and oxygen atoms in total. The quantitative estimate of drug-likeness (QED) is 0.809. The normalized spacial score (nSPS) is 23.8. The first kappa shape index (κ1) is 13.6. The Balaban J connectivity index is 1.67. The van der Waals surface area contributed by atoms with Crippen molar-refractivity contribution in [3.8, 4) is 0 Å².